The Bertz CT molecular complexity index is 1150. The molecule has 0 aromatic heterocycles. The van der Waals surface area contributed by atoms with Gasteiger partial charge in [0.05, 0.1) is 46.2 Å². The molecule has 1 N–H and O–H groups in total. The predicted octanol–water partition coefficient (Wildman–Crippen LogP) is 4.27. The van der Waals surface area contributed by atoms with E-state index in [1.165, 1.54) is 33.3 Å². The van der Waals surface area contributed by atoms with Crippen LogP contribution in [0.1, 0.15) is 42.5 Å². The van der Waals surface area contributed by atoms with E-state index in [0.29, 0.717) is 40.7 Å². The zero-order valence-corrected chi connectivity index (χ0v) is 22.3. The monoisotopic (exact) mass is 513 g/mol. The van der Waals surface area contributed by atoms with Gasteiger partial charge in [-0.3, -0.25) is 9.59 Å². The zero-order chi connectivity index (χ0) is 27.1. The molecule has 1 atom stereocenters. The summed E-state index contributed by atoms with van der Waals surface area (Å²) in [6.45, 7) is 4.89. The van der Waals surface area contributed by atoms with Gasteiger partial charge in [0.1, 0.15) is 11.5 Å². The highest BCUT2D eigenvalue weighted by Gasteiger charge is 2.46. The molecule has 37 heavy (non-hydrogen) atoms. The SMILES string of the molecule is CCCCOc1ccc(/C(O)=C2\C(=O)C(=O)N(CCOC)[C@H]2c2cc(OC)c(OC)c(OC)c2)cc1C. The van der Waals surface area contributed by atoms with Crippen molar-refractivity contribution >= 4 is 17.4 Å². The molecule has 1 amide bonds. The van der Waals surface area contributed by atoms with Crippen LogP contribution in [0.2, 0.25) is 0 Å². The van der Waals surface area contributed by atoms with Crippen molar-refractivity contribution in [3.05, 3.63) is 52.6 Å². The lowest BCUT2D eigenvalue weighted by molar-refractivity contribution is -0.140. The summed E-state index contributed by atoms with van der Waals surface area (Å²) in [6, 6.07) is 7.62. The van der Waals surface area contributed by atoms with Crippen LogP contribution in [0, 0.1) is 6.92 Å². The molecule has 1 saturated heterocycles. The summed E-state index contributed by atoms with van der Waals surface area (Å²) >= 11 is 0. The predicted molar refractivity (Wildman–Crippen MR) is 139 cm³/mol. The second kappa shape index (κ2) is 12.5. The lowest BCUT2D eigenvalue weighted by Crippen LogP contribution is -2.32. The average molecular weight is 514 g/mol. The summed E-state index contributed by atoms with van der Waals surface area (Å²) in [5.41, 5.74) is 1.69. The Hall–Kier alpha value is -3.72. The maximum Gasteiger partial charge on any atom is 0.295 e. The lowest BCUT2D eigenvalue weighted by atomic mass is 9.94. The van der Waals surface area contributed by atoms with Crippen molar-refractivity contribution < 1.29 is 38.4 Å². The van der Waals surface area contributed by atoms with Gasteiger partial charge >= 0.3 is 0 Å². The highest BCUT2D eigenvalue weighted by molar-refractivity contribution is 6.46. The molecule has 2 aromatic carbocycles. The van der Waals surface area contributed by atoms with E-state index >= 15 is 0 Å². The van der Waals surface area contributed by atoms with Gasteiger partial charge in [0, 0.05) is 19.2 Å². The Labute approximate surface area is 217 Å². The number of ether oxygens (including phenoxy) is 5. The summed E-state index contributed by atoms with van der Waals surface area (Å²) in [5, 5.41) is 11.4. The molecular formula is C28H35NO8. The van der Waals surface area contributed by atoms with Gasteiger partial charge in [0.2, 0.25) is 5.75 Å². The second-order valence-electron chi connectivity index (χ2n) is 8.63. The third-order valence-corrected chi connectivity index (χ3v) is 6.28. The number of carbonyl (C=O) groups excluding carboxylic acids is 2. The molecule has 3 rings (SSSR count). The minimum atomic E-state index is -0.898. The Morgan fingerprint density at radius 1 is 0.946 bits per heavy atom. The van der Waals surface area contributed by atoms with Gasteiger partial charge in [0.25, 0.3) is 11.7 Å². The smallest absolute Gasteiger partial charge is 0.295 e. The van der Waals surface area contributed by atoms with E-state index in [4.69, 9.17) is 23.7 Å². The fraction of sp³-hybridized carbons (Fsp3) is 0.429. The molecular weight excluding hydrogens is 478 g/mol. The number of ketones is 1. The van der Waals surface area contributed by atoms with E-state index in [1.54, 1.807) is 30.3 Å². The van der Waals surface area contributed by atoms with E-state index in [0.717, 1.165) is 18.4 Å². The first kappa shape index (κ1) is 27.9. The Morgan fingerprint density at radius 2 is 1.62 bits per heavy atom. The molecule has 0 saturated carbocycles. The molecule has 1 aliphatic rings. The standard InChI is InChI=1S/C28H35NO8/c1-7-8-12-37-20-10-9-18(14-17(20)2)25(30)23-24(29(11-13-33-3)28(32)26(23)31)19-15-21(34-4)27(36-6)22(16-19)35-5/h9-10,14-16,24,30H,7-8,11-13H2,1-6H3/b25-23+/t24-/m0/s1. The molecule has 200 valence electrons. The molecule has 1 heterocycles. The fourth-order valence-electron chi connectivity index (χ4n) is 4.35. The van der Waals surface area contributed by atoms with Crippen molar-refractivity contribution in [1.29, 1.82) is 0 Å². The number of aryl methyl sites for hydroxylation is 1. The highest BCUT2D eigenvalue weighted by atomic mass is 16.5. The van der Waals surface area contributed by atoms with Gasteiger partial charge < -0.3 is 33.7 Å². The number of Topliss-reactive ketones (excluding diaryl/α,β-unsaturated/α-hetero) is 1. The summed E-state index contributed by atoms with van der Waals surface area (Å²) in [5.74, 6) is 0.00270. The number of methoxy groups -OCH3 is 4. The molecule has 0 aliphatic carbocycles. The first-order valence-electron chi connectivity index (χ1n) is 12.1. The number of hydrogen-bond donors (Lipinski definition) is 1. The van der Waals surface area contributed by atoms with Crippen molar-refractivity contribution in [3.63, 3.8) is 0 Å². The van der Waals surface area contributed by atoms with Gasteiger partial charge in [-0.15, -0.1) is 0 Å². The number of nitrogens with zero attached hydrogens (tertiary/aromatic N) is 1. The zero-order valence-electron chi connectivity index (χ0n) is 22.3. The van der Waals surface area contributed by atoms with Gasteiger partial charge in [-0.25, -0.2) is 0 Å². The molecule has 0 spiro atoms. The van der Waals surface area contributed by atoms with E-state index in [9.17, 15) is 14.7 Å². The lowest BCUT2D eigenvalue weighted by Gasteiger charge is -2.26. The minimum Gasteiger partial charge on any atom is -0.507 e. The average Bonchev–Trinajstić information content (AvgIpc) is 3.16. The molecule has 1 fully saturated rings. The summed E-state index contributed by atoms with van der Waals surface area (Å²) < 4.78 is 27.4. The number of rotatable bonds is 12. The Balaban J connectivity index is 2.17. The van der Waals surface area contributed by atoms with Crippen LogP contribution in [0.5, 0.6) is 23.0 Å². The third kappa shape index (κ3) is 5.67. The van der Waals surface area contributed by atoms with Crippen molar-refractivity contribution in [2.75, 3.05) is 48.2 Å². The first-order valence-corrected chi connectivity index (χ1v) is 12.1. The summed E-state index contributed by atoms with van der Waals surface area (Å²) in [4.78, 5) is 27.8. The van der Waals surface area contributed by atoms with Crippen molar-refractivity contribution in [2.45, 2.75) is 32.7 Å². The fourth-order valence-corrected chi connectivity index (χ4v) is 4.35. The normalized spacial score (nSPS) is 16.7. The van der Waals surface area contributed by atoms with Gasteiger partial charge in [0.15, 0.2) is 11.5 Å². The van der Waals surface area contributed by atoms with Crippen LogP contribution in [0.4, 0.5) is 0 Å². The topological polar surface area (TPSA) is 104 Å². The van der Waals surface area contributed by atoms with Crippen LogP contribution in [0.3, 0.4) is 0 Å². The van der Waals surface area contributed by atoms with Crippen LogP contribution in [-0.2, 0) is 14.3 Å². The Kier molecular flexibility index (Phi) is 9.41. The molecule has 9 heteroatoms. The number of likely N-dealkylation sites (tertiary alicyclic amines) is 1. The molecule has 0 radical (unpaired) electrons. The highest BCUT2D eigenvalue weighted by Crippen LogP contribution is 2.45. The van der Waals surface area contributed by atoms with Crippen LogP contribution < -0.4 is 18.9 Å². The van der Waals surface area contributed by atoms with Crippen molar-refractivity contribution in [1.82, 2.24) is 4.90 Å². The van der Waals surface area contributed by atoms with E-state index < -0.39 is 17.7 Å². The number of hydrogen-bond acceptors (Lipinski definition) is 8. The molecule has 0 unspecified atom stereocenters. The number of unbranched alkanes of at least 4 members (excludes halogenated alkanes) is 1. The number of carbonyl (C=O) groups is 2. The van der Waals surface area contributed by atoms with Gasteiger partial charge in [-0.05, 0) is 54.8 Å². The largest absolute Gasteiger partial charge is 0.507 e. The minimum absolute atomic E-state index is 0.0329. The number of amides is 1. The molecule has 2 aromatic rings. The molecule has 0 bridgehead atoms. The maximum absolute atomic E-state index is 13.3. The maximum atomic E-state index is 13.3. The number of aliphatic hydroxyl groups is 1. The van der Waals surface area contributed by atoms with Gasteiger partial charge in [-0.2, -0.15) is 0 Å². The van der Waals surface area contributed by atoms with Crippen LogP contribution in [0.15, 0.2) is 35.9 Å². The first-order chi connectivity index (χ1) is 17.8. The molecule has 9 nitrogen and oxygen atoms in total. The third-order valence-electron chi connectivity index (χ3n) is 6.28. The van der Waals surface area contributed by atoms with Crippen LogP contribution in [-0.4, -0.2) is 69.9 Å². The summed E-state index contributed by atoms with van der Waals surface area (Å²) in [6.07, 6.45) is 1.95. The summed E-state index contributed by atoms with van der Waals surface area (Å²) in [7, 11) is 5.96. The second-order valence-corrected chi connectivity index (χ2v) is 8.63. The Morgan fingerprint density at radius 3 is 2.16 bits per heavy atom. The van der Waals surface area contributed by atoms with Crippen molar-refractivity contribution in [2.24, 2.45) is 0 Å². The van der Waals surface area contributed by atoms with Crippen molar-refractivity contribution in [3.8, 4) is 23.0 Å². The van der Waals surface area contributed by atoms with E-state index in [2.05, 4.69) is 6.92 Å². The molecule has 1 aliphatic heterocycles. The van der Waals surface area contributed by atoms with Crippen LogP contribution >= 0.6 is 0 Å². The van der Waals surface area contributed by atoms with Gasteiger partial charge in [-0.1, -0.05) is 13.3 Å². The number of aliphatic hydroxyl groups excluding tert-OH is 1. The van der Waals surface area contributed by atoms with E-state index in [1.807, 2.05) is 6.92 Å². The van der Waals surface area contributed by atoms with E-state index in [-0.39, 0.29) is 24.5 Å². The quantitative estimate of drug-likeness (QED) is 0.194. The number of benzene rings is 2. The van der Waals surface area contributed by atoms with Crippen LogP contribution in [0.25, 0.3) is 5.76 Å².